The van der Waals surface area contributed by atoms with Crippen molar-refractivity contribution in [3.05, 3.63) is 64.1 Å². The molecule has 2 aromatic carbocycles. The van der Waals surface area contributed by atoms with E-state index in [0.29, 0.717) is 0 Å². The second-order valence-corrected chi connectivity index (χ2v) is 6.49. The Balaban J connectivity index is 1.67. The summed E-state index contributed by atoms with van der Waals surface area (Å²) in [4.78, 5) is 16.9. The molecule has 0 aliphatic carbocycles. The second-order valence-electron chi connectivity index (χ2n) is 5.58. The van der Waals surface area contributed by atoms with E-state index >= 15 is 0 Å². The van der Waals surface area contributed by atoms with Crippen LogP contribution < -0.4 is 4.90 Å². The van der Waals surface area contributed by atoms with Gasteiger partial charge >= 0.3 is 0 Å². The number of hydrogen-bond acceptors (Lipinski definition) is 2. The van der Waals surface area contributed by atoms with Crippen molar-refractivity contribution in [2.75, 3.05) is 31.1 Å². The fourth-order valence-corrected chi connectivity index (χ4v) is 3.27. The summed E-state index contributed by atoms with van der Waals surface area (Å²) in [5, 5.41) is 0. The zero-order valence-electron chi connectivity index (χ0n) is 12.6. The molecule has 1 saturated heterocycles. The first-order valence-electron chi connectivity index (χ1n) is 7.50. The van der Waals surface area contributed by atoms with Crippen molar-refractivity contribution in [2.45, 2.75) is 6.92 Å². The fourth-order valence-electron chi connectivity index (χ4n) is 2.87. The van der Waals surface area contributed by atoms with Crippen LogP contribution in [0.3, 0.4) is 0 Å². The minimum atomic E-state index is 0.116. The first-order chi connectivity index (χ1) is 10.6. The van der Waals surface area contributed by atoms with E-state index in [4.69, 9.17) is 0 Å². The lowest BCUT2D eigenvalue weighted by molar-refractivity contribution is 0.0746. The van der Waals surface area contributed by atoms with Crippen LogP contribution in [0.15, 0.2) is 53.0 Å². The van der Waals surface area contributed by atoms with Gasteiger partial charge in [0.2, 0.25) is 0 Å². The topological polar surface area (TPSA) is 23.6 Å². The Labute approximate surface area is 139 Å². The van der Waals surface area contributed by atoms with Gasteiger partial charge < -0.3 is 9.80 Å². The molecule has 3 rings (SSSR count). The van der Waals surface area contributed by atoms with Gasteiger partial charge in [-0.05, 0) is 36.8 Å². The number of amides is 1. The Hall–Kier alpha value is -1.81. The monoisotopic (exact) mass is 358 g/mol. The van der Waals surface area contributed by atoms with E-state index in [1.54, 1.807) is 0 Å². The van der Waals surface area contributed by atoms with Crippen LogP contribution in [-0.4, -0.2) is 37.0 Å². The van der Waals surface area contributed by atoms with Gasteiger partial charge in [-0.15, -0.1) is 0 Å². The summed E-state index contributed by atoms with van der Waals surface area (Å²) in [6, 6.07) is 16.0. The van der Waals surface area contributed by atoms with Crippen LogP contribution in [0.25, 0.3) is 0 Å². The molecule has 0 unspecified atom stereocenters. The van der Waals surface area contributed by atoms with Crippen molar-refractivity contribution in [1.82, 2.24) is 4.90 Å². The largest absolute Gasteiger partial charge is 0.368 e. The number of halogens is 1. The Morgan fingerprint density at radius 1 is 1.00 bits per heavy atom. The molecular weight excluding hydrogens is 340 g/mol. The number of rotatable bonds is 2. The molecule has 1 fully saturated rings. The molecule has 0 aromatic heterocycles. The van der Waals surface area contributed by atoms with Crippen LogP contribution in [0, 0.1) is 6.92 Å². The first kappa shape index (κ1) is 15.1. The number of para-hydroxylation sites is 1. The molecule has 0 saturated carbocycles. The smallest absolute Gasteiger partial charge is 0.254 e. The van der Waals surface area contributed by atoms with Crippen molar-refractivity contribution in [1.29, 1.82) is 0 Å². The van der Waals surface area contributed by atoms with Gasteiger partial charge in [0, 0.05) is 41.9 Å². The number of hydrogen-bond donors (Lipinski definition) is 0. The molecule has 1 aliphatic heterocycles. The van der Waals surface area contributed by atoms with Crippen LogP contribution in [0.1, 0.15) is 15.9 Å². The van der Waals surface area contributed by atoms with Crippen molar-refractivity contribution in [2.24, 2.45) is 0 Å². The molecule has 0 spiro atoms. The Kier molecular flexibility index (Phi) is 4.48. The molecule has 3 nitrogen and oxygen atoms in total. The zero-order valence-corrected chi connectivity index (χ0v) is 14.2. The maximum absolute atomic E-state index is 12.5. The van der Waals surface area contributed by atoms with E-state index < -0.39 is 0 Å². The molecule has 22 heavy (non-hydrogen) atoms. The third-order valence-corrected chi connectivity index (χ3v) is 4.59. The highest BCUT2D eigenvalue weighted by Crippen LogP contribution is 2.21. The molecule has 0 N–H and O–H groups in total. The molecule has 1 amide bonds. The van der Waals surface area contributed by atoms with Gasteiger partial charge in [-0.3, -0.25) is 4.79 Å². The fraction of sp³-hybridized carbons (Fsp3) is 0.278. The van der Waals surface area contributed by atoms with Crippen LogP contribution in [-0.2, 0) is 0 Å². The number of aryl methyl sites for hydroxylation is 1. The van der Waals surface area contributed by atoms with Crippen LogP contribution in [0.5, 0.6) is 0 Å². The summed E-state index contributed by atoms with van der Waals surface area (Å²) >= 11 is 3.42. The molecule has 2 aromatic rings. The maximum Gasteiger partial charge on any atom is 0.254 e. The quantitative estimate of drug-likeness (QED) is 0.816. The van der Waals surface area contributed by atoms with E-state index in [0.717, 1.165) is 36.2 Å². The lowest BCUT2D eigenvalue weighted by Gasteiger charge is -2.36. The SMILES string of the molecule is Cc1ccccc1N1CCN(C(=O)c2cccc(Br)c2)CC1. The summed E-state index contributed by atoms with van der Waals surface area (Å²) in [6.07, 6.45) is 0. The number of carbonyl (C=O) groups is 1. The summed E-state index contributed by atoms with van der Waals surface area (Å²) < 4.78 is 0.942. The highest BCUT2D eigenvalue weighted by Gasteiger charge is 2.22. The van der Waals surface area contributed by atoms with Crippen molar-refractivity contribution >= 4 is 27.5 Å². The van der Waals surface area contributed by atoms with E-state index in [1.165, 1.54) is 11.3 Å². The summed E-state index contributed by atoms with van der Waals surface area (Å²) in [5.41, 5.74) is 3.31. The predicted octanol–water partition coefficient (Wildman–Crippen LogP) is 3.72. The molecule has 1 aliphatic rings. The van der Waals surface area contributed by atoms with E-state index in [2.05, 4.69) is 52.0 Å². The number of carbonyl (C=O) groups excluding carboxylic acids is 1. The average Bonchev–Trinajstić information content (AvgIpc) is 2.55. The van der Waals surface area contributed by atoms with Crippen LogP contribution in [0.2, 0.25) is 0 Å². The normalized spacial score (nSPS) is 15.0. The van der Waals surface area contributed by atoms with E-state index in [-0.39, 0.29) is 5.91 Å². The Morgan fingerprint density at radius 3 is 2.41 bits per heavy atom. The highest BCUT2D eigenvalue weighted by atomic mass is 79.9. The van der Waals surface area contributed by atoms with Crippen LogP contribution in [0.4, 0.5) is 5.69 Å². The average molecular weight is 359 g/mol. The Bertz CT molecular complexity index is 678. The van der Waals surface area contributed by atoms with Gasteiger partial charge in [-0.1, -0.05) is 40.2 Å². The lowest BCUT2D eigenvalue weighted by Crippen LogP contribution is -2.49. The van der Waals surface area contributed by atoms with Gasteiger partial charge in [-0.2, -0.15) is 0 Å². The van der Waals surface area contributed by atoms with E-state index in [9.17, 15) is 4.79 Å². The summed E-state index contributed by atoms with van der Waals surface area (Å²) in [6.45, 7) is 5.42. The zero-order chi connectivity index (χ0) is 15.5. The third-order valence-electron chi connectivity index (χ3n) is 4.09. The summed E-state index contributed by atoms with van der Waals surface area (Å²) in [5.74, 6) is 0.116. The lowest BCUT2D eigenvalue weighted by atomic mass is 10.1. The minimum Gasteiger partial charge on any atom is -0.368 e. The van der Waals surface area contributed by atoms with Crippen molar-refractivity contribution < 1.29 is 4.79 Å². The molecule has 0 radical (unpaired) electrons. The van der Waals surface area contributed by atoms with Gasteiger partial charge in [0.05, 0.1) is 0 Å². The molecule has 114 valence electrons. The molecule has 0 bridgehead atoms. The molecule has 1 heterocycles. The summed E-state index contributed by atoms with van der Waals surface area (Å²) in [7, 11) is 0. The highest BCUT2D eigenvalue weighted by molar-refractivity contribution is 9.10. The predicted molar refractivity (Wildman–Crippen MR) is 93.4 cm³/mol. The van der Waals surface area contributed by atoms with Gasteiger partial charge in [0.15, 0.2) is 0 Å². The first-order valence-corrected chi connectivity index (χ1v) is 8.30. The third kappa shape index (κ3) is 3.17. The molecular formula is C18H19BrN2O. The van der Waals surface area contributed by atoms with Gasteiger partial charge in [0.1, 0.15) is 0 Å². The second kappa shape index (κ2) is 6.53. The minimum absolute atomic E-state index is 0.116. The Morgan fingerprint density at radius 2 is 1.73 bits per heavy atom. The number of piperazine rings is 1. The van der Waals surface area contributed by atoms with Crippen molar-refractivity contribution in [3.63, 3.8) is 0 Å². The molecule has 4 heteroatoms. The standard InChI is InChI=1S/C18H19BrN2O/c1-14-5-2-3-8-17(14)20-9-11-21(12-10-20)18(22)15-6-4-7-16(19)13-15/h2-8,13H,9-12H2,1H3. The van der Waals surface area contributed by atoms with Crippen LogP contribution >= 0.6 is 15.9 Å². The number of benzene rings is 2. The van der Waals surface area contributed by atoms with Crippen molar-refractivity contribution in [3.8, 4) is 0 Å². The van der Waals surface area contributed by atoms with Gasteiger partial charge in [-0.25, -0.2) is 0 Å². The molecule has 0 atom stereocenters. The van der Waals surface area contributed by atoms with Gasteiger partial charge in [0.25, 0.3) is 5.91 Å². The number of nitrogens with zero attached hydrogens (tertiary/aromatic N) is 2. The number of anilines is 1. The maximum atomic E-state index is 12.5. The van der Waals surface area contributed by atoms with E-state index in [1.807, 2.05) is 29.2 Å².